The zero-order valence-corrected chi connectivity index (χ0v) is 35.4. The summed E-state index contributed by atoms with van der Waals surface area (Å²) in [6, 6.07) is 23.1. The number of hydrogen-bond acceptors (Lipinski definition) is 10. The maximum atomic E-state index is 14.5. The highest BCUT2D eigenvalue weighted by Gasteiger charge is 2.24. The van der Waals surface area contributed by atoms with Gasteiger partial charge in [0.2, 0.25) is 0 Å². The number of carbonyl (C=O) groups excluding carboxylic acids is 2. The number of rotatable bonds is 8. The normalized spacial score (nSPS) is 16.7. The summed E-state index contributed by atoms with van der Waals surface area (Å²) in [5.41, 5.74) is 7.91. The molecular weight excluding hydrogens is 810 g/mol. The molecule has 2 fully saturated rings. The molecule has 2 N–H and O–H groups in total. The van der Waals surface area contributed by atoms with Gasteiger partial charge in [-0.15, -0.1) is 0 Å². The number of anilines is 4. The second-order valence-corrected chi connectivity index (χ2v) is 16.5. The Morgan fingerprint density at radius 3 is 1.63 bits per heavy atom. The first kappa shape index (κ1) is 41.9. The number of halogens is 3. The zero-order chi connectivity index (χ0) is 43.6. The molecule has 10 rings (SSSR count). The van der Waals surface area contributed by atoms with Gasteiger partial charge in [0, 0.05) is 117 Å². The van der Waals surface area contributed by atoms with Crippen molar-refractivity contribution in [1.29, 1.82) is 0 Å². The molecule has 2 aromatic heterocycles. The molecule has 0 saturated carbocycles. The number of piperazine rings is 2. The number of hydrogen-bond donors (Lipinski definition) is 2. The van der Waals surface area contributed by atoms with Crippen molar-refractivity contribution in [3.8, 4) is 11.5 Å². The third-order valence-electron chi connectivity index (χ3n) is 12.1. The molecule has 0 bridgehead atoms. The highest BCUT2D eigenvalue weighted by molar-refractivity contribution is 5.96. The van der Waals surface area contributed by atoms with Gasteiger partial charge in [-0.1, -0.05) is 6.07 Å². The average Bonchev–Trinajstić information content (AvgIpc) is 3.27. The predicted octanol–water partition coefficient (Wildman–Crippen LogP) is 6.89. The van der Waals surface area contributed by atoms with Crippen molar-refractivity contribution < 1.29 is 32.2 Å². The third kappa shape index (κ3) is 9.64. The molecular formula is C48H49F3N8O4. The first-order chi connectivity index (χ1) is 30.5. The molecule has 6 aromatic rings. The lowest BCUT2D eigenvalue weighted by atomic mass is 10.1. The van der Waals surface area contributed by atoms with Crippen molar-refractivity contribution in [3.05, 3.63) is 119 Å². The summed E-state index contributed by atoms with van der Waals surface area (Å²) in [6.45, 7) is 12.1. The minimum Gasteiger partial charge on any atom is -0.482 e. The fourth-order valence-corrected chi connectivity index (χ4v) is 8.71. The van der Waals surface area contributed by atoms with Crippen LogP contribution in [-0.4, -0.2) is 110 Å². The smallest absolute Gasteiger partial charge is 0.262 e. The number of ether oxygens (including phenoxy) is 2. The van der Waals surface area contributed by atoms with E-state index in [0.29, 0.717) is 41.0 Å². The van der Waals surface area contributed by atoms with E-state index in [1.54, 1.807) is 18.2 Å². The van der Waals surface area contributed by atoms with E-state index < -0.39 is 0 Å². The molecule has 0 spiro atoms. The lowest BCUT2D eigenvalue weighted by Crippen LogP contribution is -2.47. The van der Waals surface area contributed by atoms with Crippen molar-refractivity contribution in [2.24, 2.45) is 0 Å². The second kappa shape index (κ2) is 18.1. The molecule has 4 aromatic carbocycles. The molecule has 6 heterocycles. The summed E-state index contributed by atoms with van der Waals surface area (Å²) in [5, 5.41) is 7.54. The van der Waals surface area contributed by atoms with E-state index >= 15 is 0 Å². The Morgan fingerprint density at radius 1 is 0.571 bits per heavy atom. The summed E-state index contributed by atoms with van der Waals surface area (Å²) < 4.78 is 53.6. The first-order valence-corrected chi connectivity index (χ1v) is 21.4. The summed E-state index contributed by atoms with van der Waals surface area (Å²) in [4.78, 5) is 41.2. The predicted molar refractivity (Wildman–Crippen MR) is 239 cm³/mol. The van der Waals surface area contributed by atoms with Crippen LogP contribution in [0.25, 0.3) is 21.8 Å². The van der Waals surface area contributed by atoms with Crippen LogP contribution < -0.4 is 29.9 Å². The van der Waals surface area contributed by atoms with Crippen molar-refractivity contribution in [2.75, 3.05) is 99.1 Å². The van der Waals surface area contributed by atoms with E-state index in [0.717, 1.165) is 110 Å². The number of amides is 2. The van der Waals surface area contributed by atoms with Gasteiger partial charge in [0.05, 0.1) is 22.4 Å². The van der Waals surface area contributed by atoms with Crippen LogP contribution in [0, 0.1) is 31.3 Å². The van der Waals surface area contributed by atoms with Crippen LogP contribution in [0.15, 0.2) is 78.9 Å². The molecule has 0 aliphatic carbocycles. The monoisotopic (exact) mass is 858 g/mol. The molecule has 4 aliphatic heterocycles. The van der Waals surface area contributed by atoms with Gasteiger partial charge < -0.3 is 29.9 Å². The number of benzene rings is 4. The molecule has 15 heteroatoms. The van der Waals surface area contributed by atoms with Crippen molar-refractivity contribution in [3.63, 3.8) is 0 Å². The van der Waals surface area contributed by atoms with E-state index in [-0.39, 0.29) is 42.5 Å². The first-order valence-electron chi connectivity index (χ1n) is 21.4. The maximum Gasteiger partial charge on any atom is 0.262 e. The third-order valence-corrected chi connectivity index (χ3v) is 12.1. The van der Waals surface area contributed by atoms with Crippen LogP contribution in [0.4, 0.5) is 35.9 Å². The average molecular weight is 859 g/mol. The van der Waals surface area contributed by atoms with Crippen LogP contribution in [0.3, 0.4) is 0 Å². The largest absolute Gasteiger partial charge is 0.482 e. The minimum absolute atomic E-state index is 0.0763. The quantitative estimate of drug-likeness (QED) is 0.168. The minimum atomic E-state index is -0.326. The van der Waals surface area contributed by atoms with Crippen LogP contribution >= 0.6 is 0 Å². The van der Waals surface area contributed by atoms with Crippen molar-refractivity contribution in [2.45, 2.75) is 26.7 Å². The Kier molecular flexibility index (Phi) is 12.0. The summed E-state index contributed by atoms with van der Waals surface area (Å²) in [5.74, 6) is -0.112. The van der Waals surface area contributed by atoms with E-state index in [1.807, 2.05) is 50.2 Å². The number of fused-ring (bicyclic) bond motifs is 4. The summed E-state index contributed by atoms with van der Waals surface area (Å²) in [6.07, 6.45) is 1.43. The molecule has 326 valence electrons. The fourth-order valence-electron chi connectivity index (χ4n) is 8.71. The van der Waals surface area contributed by atoms with Crippen LogP contribution in [0.2, 0.25) is 0 Å². The lowest BCUT2D eigenvalue weighted by molar-refractivity contribution is -0.119. The van der Waals surface area contributed by atoms with E-state index in [2.05, 4.69) is 46.3 Å². The summed E-state index contributed by atoms with van der Waals surface area (Å²) >= 11 is 0. The highest BCUT2D eigenvalue weighted by atomic mass is 19.1. The topological polar surface area (TPSA) is 115 Å². The van der Waals surface area contributed by atoms with Crippen molar-refractivity contribution >= 4 is 56.4 Å². The van der Waals surface area contributed by atoms with Gasteiger partial charge in [-0.2, -0.15) is 0 Å². The molecule has 4 aliphatic rings. The van der Waals surface area contributed by atoms with Crippen LogP contribution in [0.5, 0.6) is 11.5 Å². The lowest BCUT2D eigenvalue weighted by Gasteiger charge is -2.36. The Labute approximate surface area is 363 Å². The van der Waals surface area contributed by atoms with Gasteiger partial charge in [0.25, 0.3) is 11.8 Å². The van der Waals surface area contributed by atoms with Gasteiger partial charge in [-0.25, -0.2) is 13.2 Å². The standard InChI is InChI=1S/C24H24F2N4O2.C24H25FN4O2/c1-15-2-3-18-20(27-15)11-17(25)12-22(18)30-8-6-29(7-9-30)5-4-16-10-21-23(13-19(16)26)32-14-24(31)28-21;1-16-2-4-19-20(26-16)13-18(25)14-22(19)29-10-8-28(9-11-29)7-6-17-3-5-23-21(12-17)27-24(30)15-31-23/h2-3,10-13H,4-9,14H2,1H3,(H,28,31);2-5,12-14H,6-11,15H2,1H3,(H,27,30). The number of aryl methyl sites for hydroxylation is 2. The van der Waals surface area contributed by atoms with Gasteiger partial charge >= 0.3 is 0 Å². The van der Waals surface area contributed by atoms with Gasteiger partial charge in [-0.3, -0.25) is 29.4 Å². The van der Waals surface area contributed by atoms with E-state index in [4.69, 9.17) is 9.47 Å². The zero-order valence-electron chi connectivity index (χ0n) is 35.4. The molecule has 63 heavy (non-hydrogen) atoms. The maximum absolute atomic E-state index is 14.5. The van der Waals surface area contributed by atoms with E-state index in [1.165, 1.54) is 23.8 Å². The number of pyridine rings is 2. The molecule has 2 saturated heterocycles. The number of aromatic nitrogens is 2. The van der Waals surface area contributed by atoms with Gasteiger partial charge in [-0.05, 0) is 92.4 Å². The van der Waals surface area contributed by atoms with Crippen LogP contribution in [-0.2, 0) is 22.4 Å². The highest BCUT2D eigenvalue weighted by Crippen LogP contribution is 2.33. The second-order valence-electron chi connectivity index (χ2n) is 16.5. The fraction of sp³-hybridized carbons (Fsp3) is 0.333. The number of nitrogens with zero attached hydrogens (tertiary/aromatic N) is 6. The van der Waals surface area contributed by atoms with Gasteiger partial charge in [0.1, 0.15) is 29.0 Å². The van der Waals surface area contributed by atoms with Crippen molar-refractivity contribution in [1.82, 2.24) is 19.8 Å². The number of carbonyl (C=O) groups is 2. The number of nitrogens with one attached hydrogen (secondary N) is 2. The Morgan fingerprint density at radius 2 is 1.08 bits per heavy atom. The molecule has 0 unspecified atom stereocenters. The molecule has 0 radical (unpaired) electrons. The molecule has 2 amide bonds. The summed E-state index contributed by atoms with van der Waals surface area (Å²) in [7, 11) is 0. The Hall–Kier alpha value is -6.45. The molecule has 12 nitrogen and oxygen atoms in total. The Bertz CT molecular complexity index is 2690. The SMILES string of the molecule is Cc1ccc2c(N3CCN(CCc4cc5c(cc4F)OCC(=O)N5)CC3)cc(F)cc2n1.Cc1ccc2c(N3CCN(CCc4ccc5c(c4)NC(=O)CO5)CC3)cc(F)cc2n1. The Balaban J connectivity index is 0.000000160. The molecule has 0 atom stereocenters. The van der Waals surface area contributed by atoms with Gasteiger partial charge in [0.15, 0.2) is 13.2 Å². The van der Waals surface area contributed by atoms with Crippen LogP contribution in [0.1, 0.15) is 22.5 Å². The van der Waals surface area contributed by atoms with E-state index in [9.17, 15) is 22.8 Å².